The molecule has 15 heavy (non-hydrogen) atoms. The third-order valence-electron chi connectivity index (χ3n) is 3.25. The Bertz CT molecular complexity index is 158. The molecule has 0 aromatic carbocycles. The van der Waals surface area contributed by atoms with Gasteiger partial charge in [-0.3, -0.25) is 0 Å². The van der Waals surface area contributed by atoms with Crippen LogP contribution in [-0.2, 0) is 4.74 Å². The Kier molecular flexibility index (Phi) is 5.58. The largest absolute Gasteiger partial charge is 0.394 e. The second-order valence-corrected chi connectivity index (χ2v) is 5.10. The molecule has 2 N–H and O–H groups in total. The van der Waals surface area contributed by atoms with Gasteiger partial charge in [-0.1, -0.05) is 13.8 Å². The quantitative estimate of drug-likeness (QED) is 0.731. The molecule has 0 spiro atoms. The minimum Gasteiger partial charge on any atom is -0.394 e. The highest BCUT2D eigenvalue weighted by atomic mass is 16.5. The van der Waals surface area contributed by atoms with Crippen LogP contribution in [0.15, 0.2) is 0 Å². The van der Waals surface area contributed by atoms with Gasteiger partial charge in [0, 0.05) is 0 Å². The lowest BCUT2D eigenvalue weighted by Gasteiger charge is -2.31. The van der Waals surface area contributed by atoms with E-state index >= 15 is 0 Å². The Balaban J connectivity index is 2.25. The van der Waals surface area contributed by atoms with Crippen molar-refractivity contribution >= 4 is 0 Å². The molecular weight excluding hydrogens is 192 g/mol. The maximum absolute atomic E-state index is 8.87. The van der Waals surface area contributed by atoms with Gasteiger partial charge >= 0.3 is 0 Å². The molecule has 0 aromatic rings. The van der Waals surface area contributed by atoms with E-state index in [0.29, 0.717) is 12.5 Å². The van der Waals surface area contributed by atoms with Crippen LogP contribution in [0.2, 0.25) is 0 Å². The minimum absolute atomic E-state index is 0.0890. The Labute approximate surface area is 92.4 Å². The van der Waals surface area contributed by atoms with E-state index in [2.05, 4.69) is 13.8 Å². The molecule has 3 heteroatoms. The van der Waals surface area contributed by atoms with E-state index in [-0.39, 0.29) is 13.2 Å². The first kappa shape index (κ1) is 12.9. The number of hydrogen-bond acceptors (Lipinski definition) is 3. The molecule has 0 aliphatic heterocycles. The molecule has 2 atom stereocenters. The third-order valence-corrected chi connectivity index (χ3v) is 3.25. The summed E-state index contributed by atoms with van der Waals surface area (Å²) in [5.74, 6) is 2.16. The van der Waals surface area contributed by atoms with Gasteiger partial charge in [-0.25, -0.2) is 0 Å². The van der Waals surface area contributed by atoms with Gasteiger partial charge in [0.05, 0.1) is 19.8 Å². The molecule has 2 unspecified atom stereocenters. The van der Waals surface area contributed by atoms with Crippen LogP contribution in [-0.4, -0.2) is 36.1 Å². The molecule has 1 saturated carbocycles. The van der Waals surface area contributed by atoms with Crippen molar-refractivity contribution in [3.63, 3.8) is 0 Å². The summed E-state index contributed by atoms with van der Waals surface area (Å²) in [6, 6.07) is 0. The van der Waals surface area contributed by atoms with Crippen LogP contribution in [0.5, 0.6) is 0 Å². The van der Waals surface area contributed by atoms with E-state index in [1.54, 1.807) is 0 Å². The predicted molar refractivity (Wildman–Crippen MR) is 59.6 cm³/mol. The highest BCUT2D eigenvalue weighted by Crippen LogP contribution is 2.32. The molecule has 90 valence electrons. The lowest BCUT2D eigenvalue weighted by Crippen LogP contribution is -2.28. The summed E-state index contributed by atoms with van der Waals surface area (Å²) >= 11 is 0. The Morgan fingerprint density at radius 1 is 1.07 bits per heavy atom. The summed E-state index contributed by atoms with van der Waals surface area (Å²) in [5.41, 5.74) is 0. The van der Waals surface area contributed by atoms with E-state index < -0.39 is 6.10 Å². The van der Waals surface area contributed by atoms with E-state index in [1.807, 2.05) is 0 Å². The van der Waals surface area contributed by atoms with Crippen molar-refractivity contribution in [3.8, 4) is 0 Å². The Hall–Kier alpha value is -0.120. The summed E-state index contributed by atoms with van der Waals surface area (Å²) in [6.45, 7) is 5.08. The molecule has 1 rings (SSSR count). The zero-order valence-corrected chi connectivity index (χ0v) is 9.85. The van der Waals surface area contributed by atoms with Gasteiger partial charge in [0.15, 0.2) is 0 Å². The average molecular weight is 216 g/mol. The van der Waals surface area contributed by atoms with Crippen LogP contribution in [0.3, 0.4) is 0 Å². The fourth-order valence-electron chi connectivity index (χ4n) is 2.69. The van der Waals surface area contributed by atoms with E-state index in [0.717, 1.165) is 11.8 Å². The lowest BCUT2D eigenvalue weighted by molar-refractivity contribution is -0.0426. The van der Waals surface area contributed by atoms with Crippen LogP contribution < -0.4 is 0 Å². The molecule has 0 heterocycles. The average Bonchev–Trinajstić information content (AvgIpc) is 2.18. The first-order chi connectivity index (χ1) is 7.15. The van der Waals surface area contributed by atoms with Crippen molar-refractivity contribution in [2.24, 2.45) is 17.8 Å². The normalized spacial score (nSPS) is 32.2. The van der Waals surface area contributed by atoms with Gasteiger partial charge in [0.2, 0.25) is 0 Å². The van der Waals surface area contributed by atoms with Gasteiger partial charge in [-0.2, -0.15) is 0 Å². The maximum atomic E-state index is 8.87. The number of hydrogen-bond donors (Lipinski definition) is 2. The molecule has 1 aliphatic rings. The number of rotatable bonds is 5. The molecule has 0 radical (unpaired) electrons. The molecular formula is C12H24O3. The van der Waals surface area contributed by atoms with Crippen LogP contribution >= 0.6 is 0 Å². The molecule has 1 fully saturated rings. The highest BCUT2D eigenvalue weighted by Gasteiger charge is 2.24. The van der Waals surface area contributed by atoms with Crippen molar-refractivity contribution in [3.05, 3.63) is 0 Å². The zero-order valence-electron chi connectivity index (χ0n) is 9.85. The number of ether oxygens (including phenoxy) is 1. The van der Waals surface area contributed by atoms with Gasteiger partial charge in [0.25, 0.3) is 0 Å². The van der Waals surface area contributed by atoms with Gasteiger partial charge < -0.3 is 14.9 Å². The summed E-state index contributed by atoms with van der Waals surface area (Å²) < 4.78 is 5.48. The van der Waals surface area contributed by atoms with Crippen molar-refractivity contribution in [1.82, 2.24) is 0 Å². The van der Waals surface area contributed by atoms with E-state index in [4.69, 9.17) is 14.9 Å². The van der Waals surface area contributed by atoms with Crippen molar-refractivity contribution < 1.29 is 14.9 Å². The van der Waals surface area contributed by atoms with Gasteiger partial charge in [-0.15, -0.1) is 0 Å². The maximum Gasteiger partial charge on any atom is 0.104 e. The minimum atomic E-state index is -0.391. The zero-order chi connectivity index (χ0) is 11.3. The van der Waals surface area contributed by atoms with Crippen molar-refractivity contribution in [2.75, 3.05) is 19.8 Å². The van der Waals surface area contributed by atoms with Crippen LogP contribution in [0.25, 0.3) is 0 Å². The van der Waals surface area contributed by atoms with E-state index in [1.165, 1.54) is 19.3 Å². The predicted octanol–water partition coefficient (Wildman–Crippen LogP) is 1.43. The molecule has 1 aliphatic carbocycles. The fraction of sp³-hybridized carbons (Fsp3) is 1.00. The molecule has 0 bridgehead atoms. The van der Waals surface area contributed by atoms with Gasteiger partial charge in [-0.05, 0) is 37.0 Å². The summed E-state index contributed by atoms with van der Waals surface area (Å²) in [7, 11) is 0. The fourth-order valence-corrected chi connectivity index (χ4v) is 2.69. The van der Waals surface area contributed by atoms with Crippen molar-refractivity contribution in [2.45, 2.75) is 39.2 Å². The first-order valence-electron chi connectivity index (χ1n) is 5.99. The van der Waals surface area contributed by atoms with E-state index in [9.17, 15) is 0 Å². The number of aliphatic hydroxyl groups excluding tert-OH is 2. The topological polar surface area (TPSA) is 49.7 Å². The number of aliphatic hydroxyl groups is 2. The Morgan fingerprint density at radius 3 is 2.07 bits per heavy atom. The summed E-state index contributed by atoms with van der Waals surface area (Å²) in [4.78, 5) is 0. The van der Waals surface area contributed by atoms with Crippen molar-refractivity contribution in [1.29, 1.82) is 0 Å². The SMILES string of the molecule is CC1CC(C)CC(COC(CO)CO)C1. The van der Waals surface area contributed by atoms with Gasteiger partial charge in [0.1, 0.15) is 6.10 Å². The second kappa shape index (κ2) is 6.46. The molecule has 0 amide bonds. The van der Waals surface area contributed by atoms with Crippen LogP contribution in [0.4, 0.5) is 0 Å². The standard InChI is InChI=1S/C12H24O3/c1-9-3-10(2)5-11(4-9)8-15-12(6-13)7-14/h9-14H,3-8H2,1-2H3. The molecule has 3 nitrogen and oxygen atoms in total. The third kappa shape index (κ3) is 4.49. The highest BCUT2D eigenvalue weighted by molar-refractivity contribution is 4.75. The molecule has 0 saturated heterocycles. The lowest BCUT2D eigenvalue weighted by atomic mass is 9.77. The molecule has 0 aromatic heterocycles. The monoisotopic (exact) mass is 216 g/mol. The first-order valence-corrected chi connectivity index (χ1v) is 5.99. The summed E-state index contributed by atoms with van der Waals surface area (Å²) in [5, 5.41) is 17.7. The van der Waals surface area contributed by atoms with Crippen LogP contribution in [0, 0.1) is 17.8 Å². The smallest absolute Gasteiger partial charge is 0.104 e. The summed E-state index contributed by atoms with van der Waals surface area (Å²) in [6.07, 6.45) is 3.36. The second-order valence-electron chi connectivity index (χ2n) is 5.10. The Morgan fingerprint density at radius 2 is 1.60 bits per heavy atom. The van der Waals surface area contributed by atoms with Crippen LogP contribution in [0.1, 0.15) is 33.1 Å².